The minimum atomic E-state index is -1.58. The standard InChI is InChI=1S/2C31H38O2.2C6H11N3.2W/c2*1-29(2,3)19-24-20(22-15-11-17-25(27(22)32)30(4,5)6)13-10-14-21(24)23-16-12-18-26(28(23)33)31(7,8)9;2*7-9-8-6-4-2-1-3-5-6;;/h2*10-18,32-33H,1-9H3;2*6H,1-5H2;;. The van der Waals surface area contributed by atoms with Crippen LogP contribution in [-0.4, -0.2) is 40.3 Å². The van der Waals surface area contributed by atoms with Crippen LogP contribution in [0.3, 0.4) is 0 Å². The van der Waals surface area contributed by atoms with Gasteiger partial charge in [0.1, 0.15) is 0 Å². The molecule has 12 heteroatoms. The van der Waals surface area contributed by atoms with Crippen molar-refractivity contribution in [1.82, 2.24) is 0 Å². The second-order valence-corrected chi connectivity index (χ2v) is 35.2. The van der Waals surface area contributed by atoms with Gasteiger partial charge in [-0.25, -0.2) is 0 Å². The molecule has 0 aliphatic heterocycles. The molecule has 0 saturated heterocycles. The van der Waals surface area contributed by atoms with Crippen LogP contribution in [0.5, 0.6) is 23.0 Å². The molecule has 2 aliphatic carbocycles. The van der Waals surface area contributed by atoms with Crippen LogP contribution in [0.15, 0.2) is 137 Å². The van der Waals surface area contributed by atoms with E-state index in [1.165, 1.54) is 46.3 Å². The van der Waals surface area contributed by atoms with Gasteiger partial charge >= 0.3 is 535 Å². The number of nitrogens with zero attached hydrogens (tertiary/aromatic N) is 6. The predicted octanol–water partition coefficient (Wildman–Crippen LogP) is 21.1. The summed E-state index contributed by atoms with van der Waals surface area (Å²) in [4.78, 5) is 0. The average Bonchev–Trinajstić information content (AvgIpc) is 0.889. The fraction of sp³-hybridized carbons (Fsp3) is 0.486. The van der Waals surface area contributed by atoms with E-state index in [1.54, 1.807) is 0 Å². The van der Waals surface area contributed by atoms with Gasteiger partial charge in [0.05, 0.1) is 0 Å². The number of aromatic hydroxyl groups is 4. The topological polar surface area (TPSA) is 155 Å². The van der Waals surface area contributed by atoms with Crippen LogP contribution in [0.4, 0.5) is 0 Å². The molecule has 0 aromatic heterocycles. The van der Waals surface area contributed by atoms with Crippen LogP contribution in [0.25, 0.3) is 44.5 Å². The molecule has 0 amide bonds. The molecule has 10 nitrogen and oxygen atoms in total. The molecule has 2 aliphatic rings. The molecule has 8 rings (SSSR count). The number of phenolic OH excluding ortho intramolecular Hbond substituents is 4. The van der Waals surface area contributed by atoms with E-state index in [0.717, 1.165) is 104 Å². The van der Waals surface area contributed by atoms with Crippen LogP contribution in [0, 0.1) is 10.8 Å². The predicted molar refractivity (Wildman–Crippen MR) is 352 cm³/mol. The summed E-state index contributed by atoms with van der Waals surface area (Å²) >= 11 is -3.16. The number of phenols is 4. The normalized spacial score (nSPS) is 15.1. The van der Waals surface area contributed by atoms with E-state index in [1.807, 2.05) is 84.9 Å². The molecular weight excluding hydrogens is 1400 g/mol. The van der Waals surface area contributed by atoms with E-state index in [2.05, 4.69) is 170 Å². The maximum absolute atomic E-state index is 11.7. The molecule has 4 N–H and O–H groups in total. The molecule has 0 atom stereocenters. The Morgan fingerprint density at radius 3 is 0.767 bits per heavy atom. The minimum absolute atomic E-state index is 0.214. The van der Waals surface area contributed by atoms with Gasteiger partial charge in [-0.2, -0.15) is 0 Å². The molecule has 460 valence electrons. The molecule has 86 heavy (non-hydrogen) atoms. The Morgan fingerprint density at radius 2 is 0.547 bits per heavy atom. The summed E-state index contributed by atoms with van der Waals surface area (Å²) in [5, 5.41) is 64.9. The molecule has 2 fully saturated rings. The molecule has 2 saturated carbocycles. The van der Waals surface area contributed by atoms with Crippen molar-refractivity contribution in [2.45, 2.75) is 223 Å². The van der Waals surface area contributed by atoms with Crippen LogP contribution < -0.4 is 0 Å². The molecule has 6 aromatic carbocycles. The van der Waals surface area contributed by atoms with Gasteiger partial charge in [0.25, 0.3) is 0 Å². The Balaban J connectivity index is 0.000000246. The summed E-state index contributed by atoms with van der Waals surface area (Å²) < 4.78 is 12.1. The number of para-hydroxylation sites is 4. The van der Waals surface area contributed by atoms with Gasteiger partial charge in [-0.05, 0) is 0 Å². The first-order chi connectivity index (χ1) is 40.2. The van der Waals surface area contributed by atoms with Crippen molar-refractivity contribution in [2.75, 3.05) is 0 Å². The number of hydrogen-bond acceptors (Lipinski definition) is 8. The molecule has 6 aromatic rings. The second kappa shape index (κ2) is 27.9. The summed E-state index contributed by atoms with van der Waals surface area (Å²) in [5.41, 5.74) is 11.3. The third kappa shape index (κ3) is 16.6. The summed E-state index contributed by atoms with van der Waals surface area (Å²) in [6, 6.07) is 37.2. The van der Waals surface area contributed by atoms with Gasteiger partial charge in [-0.15, -0.1) is 0 Å². The maximum atomic E-state index is 11.7. The number of rotatable bonds is 10. The van der Waals surface area contributed by atoms with E-state index in [-0.39, 0.29) is 44.6 Å². The van der Waals surface area contributed by atoms with Crippen LogP contribution in [-0.2, 0) is 57.5 Å². The van der Waals surface area contributed by atoms with Gasteiger partial charge < -0.3 is 0 Å². The molecule has 0 bridgehead atoms. The Kier molecular flexibility index (Phi) is 22.0. The van der Waals surface area contributed by atoms with Gasteiger partial charge in [-0.1, -0.05) is 0 Å². The number of hydrogen-bond donors (Lipinski definition) is 4. The van der Waals surface area contributed by atoms with E-state index in [4.69, 9.17) is 7.21 Å². The van der Waals surface area contributed by atoms with Crippen LogP contribution >= 0.6 is 0 Å². The SMILES string of the molecule is CC(C)(C)[C](=[W]=[N]N=NC1CCCCC1)c1c(-c2cccc(C(C)(C)C)c2O)cccc1-c1cccc(C(C)(C)C)c1O.CC(C)(C)[C](=[W]=[N]N=NC1CCCCC1)c1c(-c2cccc(C(C)(C)C)c2O)cccc1-c1cccc(C(C)(C)C)c1O. The van der Waals surface area contributed by atoms with Gasteiger partial charge in [0, 0.05) is 0 Å². The first-order valence-electron chi connectivity index (χ1n) is 31.1. The van der Waals surface area contributed by atoms with Gasteiger partial charge in [0.15, 0.2) is 0 Å². The fourth-order valence-corrected chi connectivity index (χ4v) is 17.1. The van der Waals surface area contributed by atoms with Crippen LogP contribution in [0.2, 0.25) is 0 Å². The number of benzene rings is 6. The van der Waals surface area contributed by atoms with E-state index >= 15 is 0 Å². The molecule has 0 unspecified atom stereocenters. The van der Waals surface area contributed by atoms with E-state index in [0.29, 0.717) is 23.0 Å². The van der Waals surface area contributed by atoms with Crippen molar-refractivity contribution in [3.63, 3.8) is 0 Å². The summed E-state index contributed by atoms with van der Waals surface area (Å²) in [7, 11) is 0. The third-order valence-corrected chi connectivity index (χ3v) is 24.7. The zero-order chi connectivity index (χ0) is 63.2. The zero-order valence-corrected chi connectivity index (χ0v) is 60.8. The quantitative estimate of drug-likeness (QED) is 0.0796. The van der Waals surface area contributed by atoms with Crippen LogP contribution in [0.1, 0.15) is 222 Å². The van der Waals surface area contributed by atoms with Crippen molar-refractivity contribution in [2.24, 2.45) is 38.7 Å². The second-order valence-electron chi connectivity index (χ2n) is 29.8. The molecular formula is C74H98N6O4W2. The molecule has 0 radical (unpaired) electrons. The van der Waals surface area contributed by atoms with Crippen molar-refractivity contribution < 1.29 is 56.3 Å². The zero-order valence-electron chi connectivity index (χ0n) is 54.9. The van der Waals surface area contributed by atoms with Crippen molar-refractivity contribution >= 4 is 7.80 Å². The van der Waals surface area contributed by atoms with E-state index in [9.17, 15) is 20.4 Å². The Labute approximate surface area is 531 Å². The van der Waals surface area contributed by atoms with Crippen molar-refractivity contribution in [3.8, 4) is 67.5 Å². The summed E-state index contributed by atoms with van der Waals surface area (Å²) in [6.45, 7) is 38.8. The summed E-state index contributed by atoms with van der Waals surface area (Å²) in [5.74, 6) is 1.20. The van der Waals surface area contributed by atoms with Gasteiger partial charge in [-0.3, -0.25) is 0 Å². The Bertz CT molecular complexity index is 3190. The van der Waals surface area contributed by atoms with Gasteiger partial charge in [0.2, 0.25) is 0 Å². The first kappa shape index (κ1) is 67.9. The van der Waals surface area contributed by atoms with Crippen molar-refractivity contribution in [3.05, 3.63) is 143 Å². The third-order valence-electron chi connectivity index (χ3n) is 16.4. The molecule has 0 spiro atoms. The first-order valence-corrected chi connectivity index (χ1v) is 36.6. The monoisotopic (exact) mass is 1500 g/mol. The Hall–Kier alpha value is -5.56. The van der Waals surface area contributed by atoms with Crippen molar-refractivity contribution in [1.29, 1.82) is 0 Å². The van der Waals surface area contributed by atoms with E-state index < -0.39 is 35.8 Å². The Morgan fingerprint density at radius 1 is 0.326 bits per heavy atom. The average molecular weight is 1500 g/mol. The summed E-state index contributed by atoms with van der Waals surface area (Å²) in [6.07, 6.45) is 11.8. The molecule has 0 heterocycles. The fourth-order valence-electron chi connectivity index (χ4n) is 11.8.